The summed E-state index contributed by atoms with van der Waals surface area (Å²) in [5, 5.41) is 2.30. The Morgan fingerprint density at radius 2 is 2.03 bits per heavy atom. The van der Waals surface area contributed by atoms with Gasteiger partial charge in [0.1, 0.15) is 6.54 Å². The molecule has 2 atom stereocenters. The average Bonchev–Trinajstić information content (AvgIpc) is 2.97. The number of fused-ring (bicyclic) bond motifs is 1. The first kappa shape index (κ1) is 22.1. The van der Waals surface area contributed by atoms with Crippen molar-refractivity contribution < 1.29 is 40.7 Å². The number of hydrogen-bond donors (Lipinski definition) is 1. The maximum Gasteiger partial charge on any atom is 0.416 e. The second-order valence-corrected chi connectivity index (χ2v) is 9.54. The van der Waals surface area contributed by atoms with E-state index in [2.05, 4.69) is 5.32 Å². The summed E-state index contributed by atoms with van der Waals surface area (Å²) in [4.78, 5) is 37.6. The van der Waals surface area contributed by atoms with Crippen molar-refractivity contribution in [1.29, 1.82) is 0 Å². The minimum absolute atomic E-state index is 0.000974. The summed E-state index contributed by atoms with van der Waals surface area (Å²) in [6.07, 6.45) is -5.76. The Labute approximate surface area is 170 Å². The Balaban J connectivity index is 1.70. The van der Waals surface area contributed by atoms with E-state index in [4.69, 9.17) is 4.74 Å². The van der Waals surface area contributed by atoms with E-state index in [-0.39, 0.29) is 35.2 Å². The Kier molecular flexibility index (Phi) is 5.81. The second kappa shape index (κ2) is 7.89. The zero-order valence-corrected chi connectivity index (χ0v) is 16.7. The molecule has 3 rings (SSSR count). The highest BCUT2D eigenvalue weighted by atomic mass is 32.2. The Morgan fingerprint density at radius 1 is 1.33 bits per heavy atom. The van der Waals surface area contributed by atoms with E-state index < -0.39 is 52.0 Å². The quantitative estimate of drug-likeness (QED) is 0.703. The number of hydrogen-bond acceptors (Lipinski definition) is 6. The van der Waals surface area contributed by atoms with Crippen LogP contribution in [0.5, 0.6) is 0 Å². The van der Waals surface area contributed by atoms with Gasteiger partial charge in [-0.3, -0.25) is 19.3 Å². The smallest absolute Gasteiger partial charge is 0.416 e. The van der Waals surface area contributed by atoms with Gasteiger partial charge in [0.2, 0.25) is 5.91 Å². The van der Waals surface area contributed by atoms with Crippen molar-refractivity contribution in [1.82, 2.24) is 0 Å². The number of alkyl halides is 3. The van der Waals surface area contributed by atoms with Crippen LogP contribution in [0, 0.1) is 5.92 Å². The summed E-state index contributed by atoms with van der Waals surface area (Å²) in [5.74, 6) is -2.73. The lowest BCUT2D eigenvalue weighted by atomic mass is 10.1. The van der Waals surface area contributed by atoms with Crippen LogP contribution in [0.15, 0.2) is 18.2 Å². The van der Waals surface area contributed by atoms with E-state index in [1.807, 2.05) is 0 Å². The van der Waals surface area contributed by atoms with Crippen LogP contribution in [0.1, 0.15) is 25.3 Å². The molecule has 0 aliphatic carbocycles. The zero-order chi connectivity index (χ0) is 22.3. The molecule has 8 nitrogen and oxygen atoms in total. The van der Waals surface area contributed by atoms with Crippen molar-refractivity contribution in [3.05, 3.63) is 23.8 Å². The van der Waals surface area contributed by atoms with Crippen molar-refractivity contribution in [3.63, 3.8) is 0 Å². The molecule has 1 fully saturated rings. The maximum atomic E-state index is 12.9. The molecule has 1 aromatic rings. The van der Waals surface area contributed by atoms with Crippen molar-refractivity contribution >= 4 is 39.0 Å². The van der Waals surface area contributed by atoms with Crippen molar-refractivity contribution in [3.8, 4) is 0 Å². The van der Waals surface area contributed by atoms with Crippen LogP contribution in [-0.4, -0.2) is 50.4 Å². The predicted molar refractivity (Wildman–Crippen MR) is 99.4 cm³/mol. The Bertz CT molecular complexity index is 992. The van der Waals surface area contributed by atoms with Crippen LogP contribution in [-0.2, 0) is 35.1 Å². The third-order valence-corrected chi connectivity index (χ3v) is 6.73. The largest absolute Gasteiger partial charge is 0.453 e. The van der Waals surface area contributed by atoms with Crippen molar-refractivity contribution in [2.75, 3.05) is 28.3 Å². The second-order valence-electron chi connectivity index (χ2n) is 7.31. The number of carbonyl (C=O) groups is 3. The fourth-order valence-electron chi connectivity index (χ4n) is 3.45. The Morgan fingerprint density at radius 3 is 2.63 bits per heavy atom. The number of ether oxygens (including phenoxy) is 1. The average molecular weight is 448 g/mol. The lowest BCUT2D eigenvalue weighted by Crippen LogP contribution is -2.47. The van der Waals surface area contributed by atoms with Crippen LogP contribution >= 0.6 is 0 Å². The van der Waals surface area contributed by atoms with Crippen LogP contribution in [0.2, 0.25) is 0 Å². The van der Waals surface area contributed by atoms with Gasteiger partial charge in [-0.15, -0.1) is 0 Å². The summed E-state index contributed by atoms with van der Waals surface area (Å²) in [6.45, 7) is 0.835. The van der Waals surface area contributed by atoms with Crippen LogP contribution in [0.4, 0.5) is 24.5 Å². The molecule has 2 amide bonds. The molecule has 1 aromatic carbocycles. The number of benzene rings is 1. The van der Waals surface area contributed by atoms with Gasteiger partial charge in [-0.05, 0) is 37.5 Å². The fourth-order valence-corrected chi connectivity index (χ4v) is 5.31. The first-order valence-electron chi connectivity index (χ1n) is 9.08. The van der Waals surface area contributed by atoms with Gasteiger partial charge in [-0.1, -0.05) is 0 Å². The minimum atomic E-state index is -4.62. The van der Waals surface area contributed by atoms with Gasteiger partial charge in [0.05, 0.1) is 28.4 Å². The van der Waals surface area contributed by atoms with Crippen LogP contribution in [0.3, 0.4) is 0 Å². The van der Waals surface area contributed by atoms with E-state index in [1.54, 1.807) is 0 Å². The van der Waals surface area contributed by atoms with Gasteiger partial charge in [0.15, 0.2) is 15.9 Å². The topological polar surface area (TPSA) is 110 Å². The molecule has 30 heavy (non-hydrogen) atoms. The molecule has 1 saturated heterocycles. The molecule has 2 aliphatic heterocycles. The molecule has 12 heteroatoms. The predicted octanol–water partition coefficient (Wildman–Crippen LogP) is 1.75. The summed E-state index contributed by atoms with van der Waals surface area (Å²) in [5.41, 5.74) is -1.11. The van der Waals surface area contributed by atoms with E-state index in [0.29, 0.717) is 6.42 Å². The molecule has 164 valence electrons. The third kappa shape index (κ3) is 4.91. The summed E-state index contributed by atoms with van der Waals surface area (Å²) < 4.78 is 66.8. The first-order valence-corrected chi connectivity index (χ1v) is 10.9. The number of nitrogens with one attached hydrogen (secondary N) is 1. The van der Waals surface area contributed by atoms with Gasteiger partial charge in [-0.2, -0.15) is 13.2 Å². The molecule has 0 spiro atoms. The molecular weight excluding hydrogens is 429 g/mol. The fraction of sp³-hybridized carbons (Fsp3) is 0.500. The van der Waals surface area contributed by atoms with Crippen LogP contribution < -0.4 is 10.2 Å². The molecular formula is C18H19F3N2O6S. The molecule has 1 N–H and O–H groups in total. The van der Waals surface area contributed by atoms with E-state index in [0.717, 1.165) is 23.1 Å². The molecule has 0 aromatic heterocycles. The number of carbonyl (C=O) groups excluding carboxylic acids is 3. The highest BCUT2D eigenvalue weighted by Gasteiger charge is 2.36. The van der Waals surface area contributed by atoms with Crippen molar-refractivity contribution in [2.24, 2.45) is 5.92 Å². The number of rotatable bonds is 4. The molecule has 2 unspecified atom stereocenters. The lowest BCUT2D eigenvalue weighted by molar-refractivity contribution is -0.154. The maximum absolute atomic E-state index is 12.9. The molecule has 0 radical (unpaired) electrons. The van der Waals surface area contributed by atoms with Crippen LogP contribution in [0.25, 0.3) is 0 Å². The highest BCUT2D eigenvalue weighted by Crippen LogP contribution is 2.37. The monoisotopic (exact) mass is 448 g/mol. The standard InChI is InChI=1S/C18H19F3N2O6S/c1-10(29-16(25)6-11-4-5-30(27,28)9-11)17(26)23-8-15(24)22-13-7-12(18(19,20)21)2-3-14(13)23/h2-3,7,10-11H,4-6,8-9H2,1H3,(H,22,24). The van der Waals surface area contributed by atoms with E-state index in [1.165, 1.54) is 6.92 Å². The zero-order valence-electron chi connectivity index (χ0n) is 15.9. The van der Waals surface area contributed by atoms with Gasteiger partial charge in [0.25, 0.3) is 5.91 Å². The SMILES string of the molecule is CC(OC(=O)CC1CCS(=O)(=O)C1)C(=O)N1CC(=O)Nc2cc(C(F)(F)F)ccc21. The van der Waals surface area contributed by atoms with Gasteiger partial charge in [-0.25, -0.2) is 8.42 Å². The molecule has 0 saturated carbocycles. The number of amides is 2. The number of nitrogens with zero attached hydrogens (tertiary/aromatic N) is 1. The number of halogens is 3. The highest BCUT2D eigenvalue weighted by molar-refractivity contribution is 7.91. The van der Waals surface area contributed by atoms with Crippen molar-refractivity contribution in [2.45, 2.75) is 32.0 Å². The number of esters is 1. The molecule has 2 aliphatic rings. The van der Waals surface area contributed by atoms with Gasteiger partial charge >= 0.3 is 12.1 Å². The normalized spacial score (nSPS) is 21.5. The molecule has 0 bridgehead atoms. The van der Waals surface area contributed by atoms with E-state index in [9.17, 15) is 36.0 Å². The minimum Gasteiger partial charge on any atom is -0.453 e. The first-order chi connectivity index (χ1) is 13.9. The van der Waals surface area contributed by atoms with Gasteiger partial charge < -0.3 is 10.1 Å². The summed E-state index contributed by atoms with van der Waals surface area (Å²) >= 11 is 0. The Hall–Kier alpha value is -2.63. The van der Waals surface area contributed by atoms with Gasteiger partial charge in [0, 0.05) is 6.42 Å². The summed E-state index contributed by atoms with van der Waals surface area (Å²) in [7, 11) is -3.16. The van der Waals surface area contributed by atoms with E-state index >= 15 is 0 Å². The number of sulfone groups is 1. The lowest BCUT2D eigenvalue weighted by Gasteiger charge is -2.31. The number of anilines is 2. The molecule has 2 heterocycles. The summed E-state index contributed by atoms with van der Waals surface area (Å²) in [6, 6.07) is 2.57. The third-order valence-electron chi connectivity index (χ3n) is 4.89.